The lowest BCUT2D eigenvalue weighted by molar-refractivity contribution is -0.140. The molecule has 2 amide bonds. The molecular formula is C16H20Cl2N2O2. The Morgan fingerprint density at radius 2 is 2.05 bits per heavy atom. The molecule has 2 rings (SSSR count). The van der Waals surface area contributed by atoms with E-state index in [4.69, 9.17) is 23.2 Å². The van der Waals surface area contributed by atoms with E-state index in [2.05, 4.69) is 5.32 Å². The van der Waals surface area contributed by atoms with Gasteiger partial charge in [0.25, 0.3) is 0 Å². The van der Waals surface area contributed by atoms with Crippen molar-refractivity contribution in [3.05, 3.63) is 28.2 Å². The van der Waals surface area contributed by atoms with Gasteiger partial charge in [0.2, 0.25) is 11.8 Å². The number of hydrogen-bond donors (Lipinski definition) is 1. The van der Waals surface area contributed by atoms with Crippen molar-refractivity contribution in [3.8, 4) is 0 Å². The zero-order valence-corrected chi connectivity index (χ0v) is 14.1. The van der Waals surface area contributed by atoms with E-state index in [1.54, 1.807) is 23.1 Å². The molecular weight excluding hydrogens is 323 g/mol. The second-order valence-electron chi connectivity index (χ2n) is 5.56. The number of nitrogens with zero attached hydrogens (tertiary/aromatic N) is 1. The maximum Gasteiger partial charge on any atom is 0.244 e. The smallest absolute Gasteiger partial charge is 0.244 e. The minimum atomic E-state index is -0.259. The van der Waals surface area contributed by atoms with Gasteiger partial charge in [-0.3, -0.25) is 9.59 Å². The van der Waals surface area contributed by atoms with Crippen LogP contribution in [0.1, 0.15) is 32.6 Å². The van der Waals surface area contributed by atoms with Gasteiger partial charge >= 0.3 is 0 Å². The lowest BCUT2D eigenvalue weighted by Crippen LogP contribution is -2.43. The second-order valence-corrected chi connectivity index (χ2v) is 6.40. The number of rotatable bonds is 6. The molecule has 1 fully saturated rings. The van der Waals surface area contributed by atoms with Crippen LogP contribution in [-0.2, 0) is 9.59 Å². The quantitative estimate of drug-likeness (QED) is 0.850. The van der Waals surface area contributed by atoms with E-state index in [1.807, 2.05) is 6.92 Å². The Labute approximate surface area is 140 Å². The Morgan fingerprint density at radius 3 is 2.64 bits per heavy atom. The van der Waals surface area contributed by atoms with Crippen LogP contribution in [0.5, 0.6) is 0 Å². The lowest BCUT2D eigenvalue weighted by atomic mass is 9.84. The number of hydrogen-bond acceptors (Lipinski definition) is 2. The summed E-state index contributed by atoms with van der Waals surface area (Å²) in [6.45, 7) is 2.63. The van der Waals surface area contributed by atoms with Crippen LogP contribution in [0.2, 0.25) is 10.0 Å². The molecule has 0 spiro atoms. The average molecular weight is 343 g/mol. The molecule has 4 nitrogen and oxygen atoms in total. The fraction of sp³-hybridized carbons (Fsp3) is 0.500. The van der Waals surface area contributed by atoms with Crippen LogP contribution in [0.25, 0.3) is 0 Å². The predicted molar refractivity (Wildman–Crippen MR) is 89.3 cm³/mol. The van der Waals surface area contributed by atoms with Crippen molar-refractivity contribution in [3.63, 3.8) is 0 Å². The first kappa shape index (κ1) is 17.1. The van der Waals surface area contributed by atoms with E-state index in [0.29, 0.717) is 22.3 Å². The van der Waals surface area contributed by atoms with Gasteiger partial charge in [0, 0.05) is 17.5 Å². The molecule has 1 saturated carbocycles. The van der Waals surface area contributed by atoms with Gasteiger partial charge in [-0.2, -0.15) is 0 Å². The minimum absolute atomic E-state index is 0.0476. The van der Waals surface area contributed by atoms with Gasteiger partial charge in [-0.05, 0) is 37.5 Å². The van der Waals surface area contributed by atoms with Gasteiger partial charge in [0.1, 0.15) is 0 Å². The minimum Gasteiger partial charge on any atom is -0.333 e. The largest absolute Gasteiger partial charge is 0.333 e. The molecule has 0 aromatic heterocycles. The first-order valence-corrected chi connectivity index (χ1v) is 8.30. The summed E-state index contributed by atoms with van der Waals surface area (Å²) >= 11 is 11.9. The second kappa shape index (κ2) is 7.84. The molecule has 1 aromatic carbocycles. The third kappa shape index (κ3) is 4.37. The molecule has 0 atom stereocenters. The zero-order chi connectivity index (χ0) is 16.1. The van der Waals surface area contributed by atoms with Crippen LogP contribution in [0, 0.1) is 5.92 Å². The molecule has 0 bridgehead atoms. The summed E-state index contributed by atoms with van der Waals surface area (Å²) in [6.07, 6.45) is 3.78. The summed E-state index contributed by atoms with van der Waals surface area (Å²) in [4.78, 5) is 26.1. The number of benzene rings is 1. The molecule has 1 aromatic rings. The van der Waals surface area contributed by atoms with Gasteiger partial charge in [0.15, 0.2) is 0 Å². The van der Waals surface area contributed by atoms with E-state index in [1.165, 1.54) is 0 Å². The molecule has 22 heavy (non-hydrogen) atoms. The highest BCUT2D eigenvalue weighted by molar-refractivity contribution is 6.35. The highest BCUT2D eigenvalue weighted by atomic mass is 35.5. The Balaban J connectivity index is 1.98. The molecule has 1 aliphatic carbocycles. The Bertz CT molecular complexity index is 559. The Kier molecular flexibility index (Phi) is 6.09. The summed E-state index contributed by atoms with van der Waals surface area (Å²) in [5, 5.41) is 3.64. The zero-order valence-electron chi connectivity index (χ0n) is 12.6. The number of halogens is 2. The summed E-state index contributed by atoms with van der Waals surface area (Å²) in [5.74, 6) is -0.0835. The van der Waals surface area contributed by atoms with E-state index in [-0.39, 0.29) is 24.3 Å². The van der Waals surface area contributed by atoms with Gasteiger partial charge < -0.3 is 10.2 Å². The maximum absolute atomic E-state index is 12.3. The number of carbonyl (C=O) groups is 2. The molecule has 0 saturated heterocycles. The van der Waals surface area contributed by atoms with E-state index in [9.17, 15) is 9.59 Å². The molecule has 1 N–H and O–H groups in total. The van der Waals surface area contributed by atoms with Crippen molar-refractivity contribution < 1.29 is 9.59 Å². The average Bonchev–Trinajstić information content (AvgIpc) is 2.40. The highest BCUT2D eigenvalue weighted by Gasteiger charge is 2.30. The van der Waals surface area contributed by atoms with Gasteiger partial charge in [-0.15, -0.1) is 0 Å². The van der Waals surface area contributed by atoms with Crippen molar-refractivity contribution >= 4 is 40.7 Å². The number of carbonyl (C=O) groups excluding carboxylic acids is 2. The Morgan fingerprint density at radius 1 is 1.32 bits per heavy atom. The molecule has 1 aliphatic rings. The van der Waals surface area contributed by atoms with Crippen LogP contribution < -0.4 is 5.32 Å². The van der Waals surface area contributed by atoms with Crippen LogP contribution in [-0.4, -0.2) is 29.8 Å². The SMILES string of the molecule is CCCN(CC(=O)Nc1cc(Cl)ccc1Cl)C(=O)C1CCC1. The van der Waals surface area contributed by atoms with Gasteiger partial charge in [0.05, 0.1) is 17.3 Å². The number of amides is 2. The molecule has 0 heterocycles. The van der Waals surface area contributed by atoms with Crippen molar-refractivity contribution in [2.24, 2.45) is 5.92 Å². The van der Waals surface area contributed by atoms with E-state index >= 15 is 0 Å². The first-order valence-electron chi connectivity index (χ1n) is 7.55. The molecule has 0 unspecified atom stereocenters. The van der Waals surface area contributed by atoms with Crippen molar-refractivity contribution in [2.75, 3.05) is 18.4 Å². The predicted octanol–water partition coefficient (Wildman–Crippen LogP) is 3.97. The van der Waals surface area contributed by atoms with Crippen LogP contribution in [0.15, 0.2) is 18.2 Å². The summed E-state index contributed by atoms with van der Waals surface area (Å²) in [5.41, 5.74) is 0.465. The summed E-state index contributed by atoms with van der Waals surface area (Å²) in [7, 11) is 0. The first-order chi connectivity index (χ1) is 10.5. The lowest BCUT2D eigenvalue weighted by Gasteiger charge is -2.31. The fourth-order valence-corrected chi connectivity index (χ4v) is 2.74. The topological polar surface area (TPSA) is 49.4 Å². The number of anilines is 1. The third-order valence-electron chi connectivity index (χ3n) is 3.80. The third-order valence-corrected chi connectivity index (χ3v) is 4.36. The van der Waals surface area contributed by atoms with E-state index < -0.39 is 0 Å². The van der Waals surface area contributed by atoms with Gasteiger partial charge in [-0.25, -0.2) is 0 Å². The fourth-order valence-electron chi connectivity index (χ4n) is 2.41. The molecule has 120 valence electrons. The summed E-state index contributed by atoms with van der Waals surface area (Å²) in [6, 6.07) is 4.88. The molecule has 6 heteroatoms. The van der Waals surface area contributed by atoms with Crippen molar-refractivity contribution in [2.45, 2.75) is 32.6 Å². The highest BCUT2D eigenvalue weighted by Crippen LogP contribution is 2.28. The van der Waals surface area contributed by atoms with Crippen molar-refractivity contribution in [1.29, 1.82) is 0 Å². The standard InChI is InChI=1S/C16H20Cl2N2O2/c1-2-8-20(16(22)11-4-3-5-11)10-15(21)19-14-9-12(17)6-7-13(14)18/h6-7,9,11H,2-5,8,10H2,1H3,(H,19,21). The summed E-state index contributed by atoms with van der Waals surface area (Å²) < 4.78 is 0. The van der Waals surface area contributed by atoms with Crippen LogP contribution >= 0.6 is 23.2 Å². The van der Waals surface area contributed by atoms with Crippen LogP contribution in [0.3, 0.4) is 0 Å². The van der Waals surface area contributed by atoms with E-state index in [0.717, 1.165) is 25.7 Å². The molecule has 0 radical (unpaired) electrons. The van der Waals surface area contributed by atoms with Crippen molar-refractivity contribution in [1.82, 2.24) is 4.90 Å². The monoisotopic (exact) mass is 342 g/mol. The molecule has 0 aliphatic heterocycles. The number of nitrogens with one attached hydrogen (secondary N) is 1. The maximum atomic E-state index is 12.3. The van der Waals surface area contributed by atoms with Gasteiger partial charge in [-0.1, -0.05) is 36.5 Å². The van der Waals surface area contributed by atoms with Crippen LogP contribution in [0.4, 0.5) is 5.69 Å². The normalized spacial score (nSPS) is 14.3. The Hall–Kier alpha value is -1.26.